The summed E-state index contributed by atoms with van der Waals surface area (Å²) in [6.07, 6.45) is 4.87. The van der Waals surface area contributed by atoms with Crippen LogP contribution in [-0.2, 0) is 10.2 Å². The van der Waals surface area contributed by atoms with Gasteiger partial charge in [-0.25, -0.2) is 4.72 Å². The van der Waals surface area contributed by atoms with Gasteiger partial charge in [0.15, 0.2) is 0 Å². The molecule has 19 heavy (non-hydrogen) atoms. The Kier molecular flexibility index (Phi) is 7.65. The van der Waals surface area contributed by atoms with E-state index in [1.807, 2.05) is 0 Å². The summed E-state index contributed by atoms with van der Waals surface area (Å²) in [6, 6.07) is 0. The van der Waals surface area contributed by atoms with Gasteiger partial charge in [0.25, 0.3) is 10.2 Å². The van der Waals surface area contributed by atoms with Crippen molar-refractivity contribution in [2.45, 2.75) is 46.0 Å². The van der Waals surface area contributed by atoms with Crippen LogP contribution in [0.25, 0.3) is 0 Å². The van der Waals surface area contributed by atoms with Gasteiger partial charge in [-0.1, -0.05) is 20.3 Å². The van der Waals surface area contributed by atoms with E-state index in [1.54, 1.807) is 4.31 Å². The van der Waals surface area contributed by atoms with Gasteiger partial charge in [0.2, 0.25) is 0 Å². The zero-order valence-electron chi connectivity index (χ0n) is 12.1. The topological polar surface area (TPSA) is 49.4 Å². The van der Waals surface area contributed by atoms with Crippen LogP contribution in [-0.4, -0.2) is 38.2 Å². The van der Waals surface area contributed by atoms with Gasteiger partial charge < -0.3 is 0 Å². The summed E-state index contributed by atoms with van der Waals surface area (Å²) in [5.41, 5.74) is 0. The monoisotopic (exact) mass is 310 g/mol. The van der Waals surface area contributed by atoms with Gasteiger partial charge in [0.1, 0.15) is 0 Å². The van der Waals surface area contributed by atoms with Crippen LogP contribution in [0.5, 0.6) is 0 Å². The quantitative estimate of drug-likeness (QED) is 0.701. The molecular weight excluding hydrogens is 284 g/mol. The smallest absolute Gasteiger partial charge is 0.202 e. The zero-order chi connectivity index (χ0) is 14.3. The van der Waals surface area contributed by atoms with Crippen molar-refractivity contribution < 1.29 is 8.42 Å². The van der Waals surface area contributed by atoms with E-state index in [4.69, 9.17) is 11.6 Å². The van der Waals surface area contributed by atoms with Crippen molar-refractivity contribution >= 4 is 21.8 Å². The summed E-state index contributed by atoms with van der Waals surface area (Å²) in [6.45, 7) is 6.08. The second kappa shape index (κ2) is 8.45. The van der Waals surface area contributed by atoms with Crippen molar-refractivity contribution in [3.8, 4) is 0 Å². The van der Waals surface area contributed by atoms with Crippen LogP contribution < -0.4 is 4.72 Å². The van der Waals surface area contributed by atoms with Gasteiger partial charge in [-0.3, -0.25) is 0 Å². The van der Waals surface area contributed by atoms with E-state index in [-0.39, 0.29) is 0 Å². The number of piperidine rings is 1. The number of hydrogen-bond acceptors (Lipinski definition) is 2. The number of nitrogens with one attached hydrogen (secondary N) is 1. The third-order valence-electron chi connectivity index (χ3n) is 3.85. The molecule has 1 saturated heterocycles. The van der Waals surface area contributed by atoms with Crippen molar-refractivity contribution in [1.82, 2.24) is 9.03 Å². The first-order valence-electron chi connectivity index (χ1n) is 7.30. The highest BCUT2D eigenvalue weighted by Crippen LogP contribution is 2.18. The van der Waals surface area contributed by atoms with Crippen molar-refractivity contribution in [3.05, 3.63) is 0 Å². The number of halogens is 1. The molecule has 0 aromatic rings. The Morgan fingerprint density at radius 1 is 1.32 bits per heavy atom. The van der Waals surface area contributed by atoms with Crippen molar-refractivity contribution in [2.24, 2.45) is 11.8 Å². The lowest BCUT2D eigenvalue weighted by Gasteiger charge is -2.30. The average molecular weight is 311 g/mol. The first-order chi connectivity index (χ1) is 8.99. The number of alkyl halides is 1. The van der Waals surface area contributed by atoms with E-state index in [2.05, 4.69) is 18.6 Å². The second-order valence-corrected chi connectivity index (χ2v) is 7.70. The molecule has 1 unspecified atom stereocenters. The first kappa shape index (κ1) is 17.2. The van der Waals surface area contributed by atoms with E-state index >= 15 is 0 Å². The largest absolute Gasteiger partial charge is 0.279 e. The average Bonchev–Trinajstić information content (AvgIpc) is 2.37. The SMILES string of the molecule is CCCC(CCCl)CNS(=O)(=O)N1CCC(C)CC1. The van der Waals surface area contributed by atoms with Gasteiger partial charge in [-0.2, -0.15) is 12.7 Å². The van der Waals surface area contributed by atoms with Crippen LogP contribution in [0, 0.1) is 11.8 Å². The molecule has 1 heterocycles. The molecule has 1 aliphatic heterocycles. The minimum atomic E-state index is -3.30. The molecule has 114 valence electrons. The maximum Gasteiger partial charge on any atom is 0.279 e. The third kappa shape index (κ3) is 5.98. The Balaban J connectivity index is 2.44. The molecule has 0 aromatic carbocycles. The lowest BCUT2D eigenvalue weighted by molar-refractivity contribution is 0.283. The van der Waals surface area contributed by atoms with Crippen LogP contribution >= 0.6 is 11.6 Å². The molecule has 0 aliphatic carbocycles. The molecule has 1 atom stereocenters. The van der Waals surface area contributed by atoms with E-state index < -0.39 is 10.2 Å². The molecule has 1 fully saturated rings. The molecule has 1 N–H and O–H groups in total. The summed E-state index contributed by atoms with van der Waals surface area (Å²) >= 11 is 5.76. The molecule has 0 bridgehead atoms. The molecule has 0 aromatic heterocycles. The maximum absolute atomic E-state index is 12.2. The summed E-state index contributed by atoms with van der Waals surface area (Å²) in [4.78, 5) is 0. The van der Waals surface area contributed by atoms with Crippen molar-refractivity contribution in [1.29, 1.82) is 0 Å². The van der Waals surface area contributed by atoms with E-state index in [9.17, 15) is 8.42 Å². The lowest BCUT2D eigenvalue weighted by atomic mass is 10.0. The summed E-state index contributed by atoms with van der Waals surface area (Å²) in [7, 11) is -3.30. The van der Waals surface area contributed by atoms with Crippen LogP contribution in [0.3, 0.4) is 0 Å². The number of hydrogen-bond donors (Lipinski definition) is 1. The Bertz CT molecular complexity index is 335. The fourth-order valence-corrected chi connectivity index (χ4v) is 4.08. The second-order valence-electron chi connectivity index (χ2n) is 5.57. The Hall–Kier alpha value is 0.160. The Morgan fingerprint density at radius 2 is 1.95 bits per heavy atom. The van der Waals surface area contributed by atoms with E-state index in [0.29, 0.717) is 37.4 Å². The van der Waals surface area contributed by atoms with Crippen LogP contribution in [0.15, 0.2) is 0 Å². The molecule has 0 saturated carbocycles. The minimum absolute atomic E-state index is 0.348. The molecule has 0 spiro atoms. The highest BCUT2D eigenvalue weighted by atomic mass is 35.5. The minimum Gasteiger partial charge on any atom is -0.202 e. The molecule has 0 radical (unpaired) electrons. The van der Waals surface area contributed by atoms with Gasteiger partial charge in [0, 0.05) is 25.5 Å². The first-order valence-corrected chi connectivity index (χ1v) is 9.27. The summed E-state index contributed by atoms with van der Waals surface area (Å²) < 4.78 is 28.7. The Labute approximate surface area is 123 Å². The molecule has 4 nitrogen and oxygen atoms in total. The summed E-state index contributed by atoms with van der Waals surface area (Å²) in [5, 5.41) is 0. The standard InChI is InChI=1S/C13H27ClN2O2S/c1-3-4-13(5-8-14)11-15-19(17,18)16-9-6-12(2)7-10-16/h12-13,15H,3-11H2,1-2H3. The van der Waals surface area contributed by atoms with Gasteiger partial charge in [-0.15, -0.1) is 11.6 Å². The molecular formula is C13H27ClN2O2S. The predicted octanol–water partition coefficient (Wildman–Crippen LogP) is 2.60. The normalized spacial score (nSPS) is 20.6. The molecule has 1 rings (SSSR count). The lowest BCUT2D eigenvalue weighted by Crippen LogP contribution is -2.45. The Morgan fingerprint density at radius 3 is 2.47 bits per heavy atom. The highest BCUT2D eigenvalue weighted by molar-refractivity contribution is 7.87. The van der Waals surface area contributed by atoms with Crippen LogP contribution in [0.4, 0.5) is 0 Å². The van der Waals surface area contributed by atoms with E-state index in [0.717, 1.165) is 32.1 Å². The van der Waals surface area contributed by atoms with E-state index in [1.165, 1.54) is 0 Å². The fraction of sp³-hybridized carbons (Fsp3) is 1.00. The van der Waals surface area contributed by atoms with Crippen LogP contribution in [0.2, 0.25) is 0 Å². The highest BCUT2D eigenvalue weighted by Gasteiger charge is 2.26. The van der Waals surface area contributed by atoms with Gasteiger partial charge in [-0.05, 0) is 37.5 Å². The number of nitrogens with zero attached hydrogens (tertiary/aromatic N) is 1. The fourth-order valence-electron chi connectivity index (χ4n) is 2.45. The third-order valence-corrected chi connectivity index (χ3v) is 5.65. The van der Waals surface area contributed by atoms with Crippen molar-refractivity contribution in [2.75, 3.05) is 25.5 Å². The van der Waals surface area contributed by atoms with Crippen molar-refractivity contribution in [3.63, 3.8) is 0 Å². The summed E-state index contributed by atoms with van der Waals surface area (Å²) in [5.74, 6) is 1.57. The maximum atomic E-state index is 12.2. The molecule has 1 aliphatic rings. The van der Waals surface area contributed by atoms with Gasteiger partial charge in [0.05, 0.1) is 0 Å². The van der Waals surface area contributed by atoms with Crippen LogP contribution in [0.1, 0.15) is 46.0 Å². The molecule has 0 amide bonds. The van der Waals surface area contributed by atoms with Gasteiger partial charge >= 0.3 is 0 Å². The predicted molar refractivity (Wildman–Crippen MR) is 80.6 cm³/mol. The zero-order valence-corrected chi connectivity index (χ0v) is 13.6. The molecule has 6 heteroatoms. The number of rotatable bonds is 8.